The minimum Gasteiger partial charge on any atom is -0.352 e. The summed E-state index contributed by atoms with van der Waals surface area (Å²) in [5.41, 5.74) is 2.51. The highest BCUT2D eigenvalue weighted by molar-refractivity contribution is 7.92. The Morgan fingerprint density at radius 1 is 0.925 bits per heavy atom. The number of sulfonamides is 1. The van der Waals surface area contributed by atoms with Gasteiger partial charge in [0.25, 0.3) is 0 Å². The molecule has 3 rings (SSSR count). The fourth-order valence-electron chi connectivity index (χ4n) is 4.27. The van der Waals surface area contributed by atoms with Crippen LogP contribution in [0.4, 0.5) is 5.69 Å². The Labute approximate surface area is 247 Å². The second-order valence-electron chi connectivity index (χ2n) is 9.88. The molecule has 0 aromatic heterocycles. The van der Waals surface area contributed by atoms with Gasteiger partial charge in [-0.1, -0.05) is 78.7 Å². The number of nitrogens with zero attached hydrogens (tertiary/aromatic N) is 2. The van der Waals surface area contributed by atoms with E-state index in [0.29, 0.717) is 33.3 Å². The van der Waals surface area contributed by atoms with Gasteiger partial charge in [-0.25, -0.2) is 8.42 Å². The Balaban J connectivity index is 2.09. The number of rotatable bonds is 12. The van der Waals surface area contributed by atoms with Crippen molar-refractivity contribution in [3.8, 4) is 0 Å². The van der Waals surface area contributed by atoms with Gasteiger partial charge in [0.2, 0.25) is 21.8 Å². The van der Waals surface area contributed by atoms with Crippen LogP contribution in [0.15, 0.2) is 72.8 Å². The van der Waals surface area contributed by atoms with E-state index in [1.165, 1.54) is 11.0 Å². The fourth-order valence-corrected chi connectivity index (χ4v) is 5.55. The van der Waals surface area contributed by atoms with Gasteiger partial charge in [-0.3, -0.25) is 13.9 Å². The van der Waals surface area contributed by atoms with E-state index >= 15 is 0 Å². The summed E-state index contributed by atoms with van der Waals surface area (Å²) >= 11 is 12.4. The van der Waals surface area contributed by atoms with Crippen LogP contribution in [0.25, 0.3) is 0 Å². The lowest BCUT2D eigenvalue weighted by atomic mass is 10.0. The average molecular weight is 605 g/mol. The van der Waals surface area contributed by atoms with E-state index in [9.17, 15) is 18.0 Å². The van der Waals surface area contributed by atoms with Crippen LogP contribution in [0.1, 0.15) is 37.0 Å². The predicted molar refractivity (Wildman–Crippen MR) is 162 cm³/mol. The predicted octanol–water partition coefficient (Wildman–Crippen LogP) is 5.62. The van der Waals surface area contributed by atoms with Gasteiger partial charge in [0.05, 0.1) is 11.9 Å². The van der Waals surface area contributed by atoms with Gasteiger partial charge in [0.1, 0.15) is 12.6 Å². The summed E-state index contributed by atoms with van der Waals surface area (Å²) in [5.74, 6) is -0.858. The van der Waals surface area contributed by atoms with Crippen molar-refractivity contribution in [2.45, 2.75) is 52.2 Å². The normalized spacial score (nSPS) is 12.8. The van der Waals surface area contributed by atoms with Crippen molar-refractivity contribution >= 4 is 50.7 Å². The Morgan fingerprint density at radius 2 is 1.57 bits per heavy atom. The summed E-state index contributed by atoms with van der Waals surface area (Å²) in [7, 11) is -3.89. The number of benzene rings is 3. The standard InChI is InChI=1S/C30H35Cl2N3O4S/c1-5-22(3)33-30(37)28(17-23-10-7-6-8-11-23)34(19-24-12-9-13-25(31)16-24)29(36)20-35(40(4,38)39)27-18-26(32)15-14-21(27)2/h6-16,18,22,28H,5,17,19-20H2,1-4H3,(H,33,37)/t22-,28-/m0/s1. The summed E-state index contributed by atoms with van der Waals surface area (Å²) in [5, 5.41) is 3.83. The van der Waals surface area contributed by atoms with Crippen LogP contribution in [0.2, 0.25) is 10.0 Å². The number of aryl methyl sites for hydroxylation is 1. The first-order chi connectivity index (χ1) is 18.9. The van der Waals surface area contributed by atoms with Crippen molar-refractivity contribution in [3.05, 3.63) is 99.5 Å². The van der Waals surface area contributed by atoms with Crippen LogP contribution in [0, 0.1) is 6.92 Å². The van der Waals surface area contributed by atoms with E-state index in [0.717, 1.165) is 16.1 Å². The van der Waals surface area contributed by atoms with Crippen LogP contribution in [0.5, 0.6) is 0 Å². The molecule has 7 nitrogen and oxygen atoms in total. The highest BCUT2D eigenvalue weighted by Gasteiger charge is 2.33. The molecule has 0 saturated heterocycles. The third-order valence-electron chi connectivity index (χ3n) is 6.63. The summed E-state index contributed by atoms with van der Waals surface area (Å²) in [6, 6.07) is 20.3. The first kappa shape index (κ1) is 31.5. The maximum absolute atomic E-state index is 14.1. The van der Waals surface area contributed by atoms with Gasteiger partial charge in [0.15, 0.2) is 0 Å². The van der Waals surface area contributed by atoms with E-state index in [4.69, 9.17) is 23.2 Å². The maximum Gasteiger partial charge on any atom is 0.244 e. The molecule has 1 N–H and O–H groups in total. The molecule has 10 heteroatoms. The molecule has 214 valence electrons. The second-order valence-corrected chi connectivity index (χ2v) is 12.7. The van der Waals surface area contributed by atoms with E-state index in [1.54, 1.807) is 37.3 Å². The number of carbonyl (C=O) groups excluding carboxylic acids is 2. The first-order valence-electron chi connectivity index (χ1n) is 13.0. The van der Waals surface area contributed by atoms with Crippen molar-refractivity contribution in [2.24, 2.45) is 0 Å². The zero-order valence-electron chi connectivity index (χ0n) is 23.1. The molecular formula is C30H35Cl2N3O4S. The van der Waals surface area contributed by atoms with E-state index in [1.807, 2.05) is 50.2 Å². The third-order valence-corrected chi connectivity index (χ3v) is 8.23. The van der Waals surface area contributed by atoms with Gasteiger partial charge in [-0.05, 0) is 61.2 Å². The molecule has 0 aliphatic carbocycles. The molecule has 0 saturated carbocycles. The van der Waals surface area contributed by atoms with Crippen LogP contribution >= 0.6 is 23.2 Å². The Hall–Kier alpha value is -3.07. The fraction of sp³-hybridized carbons (Fsp3) is 0.333. The van der Waals surface area contributed by atoms with Crippen molar-refractivity contribution < 1.29 is 18.0 Å². The molecule has 0 unspecified atom stereocenters. The molecular weight excluding hydrogens is 569 g/mol. The quantitative estimate of drug-likeness (QED) is 0.291. The number of nitrogens with one attached hydrogen (secondary N) is 1. The van der Waals surface area contributed by atoms with Crippen molar-refractivity contribution in [1.82, 2.24) is 10.2 Å². The molecule has 0 bridgehead atoms. The average Bonchev–Trinajstić information content (AvgIpc) is 2.90. The number of hydrogen-bond donors (Lipinski definition) is 1. The Bertz CT molecular complexity index is 1430. The van der Waals surface area contributed by atoms with Gasteiger partial charge in [-0.15, -0.1) is 0 Å². The largest absolute Gasteiger partial charge is 0.352 e. The van der Waals surface area contributed by atoms with Gasteiger partial charge in [-0.2, -0.15) is 0 Å². The van der Waals surface area contributed by atoms with Crippen molar-refractivity contribution in [2.75, 3.05) is 17.1 Å². The zero-order chi connectivity index (χ0) is 29.4. The molecule has 3 aromatic carbocycles. The summed E-state index contributed by atoms with van der Waals surface area (Å²) in [6.07, 6.45) is 1.99. The molecule has 2 atom stereocenters. The summed E-state index contributed by atoms with van der Waals surface area (Å²) in [6.45, 7) is 5.15. The number of amides is 2. The molecule has 0 aliphatic rings. The molecule has 0 fully saturated rings. The summed E-state index contributed by atoms with van der Waals surface area (Å²) in [4.78, 5) is 29.3. The zero-order valence-corrected chi connectivity index (χ0v) is 25.4. The van der Waals surface area contributed by atoms with E-state index in [2.05, 4.69) is 5.32 Å². The highest BCUT2D eigenvalue weighted by Crippen LogP contribution is 2.27. The molecule has 3 aromatic rings. The molecule has 0 aliphatic heterocycles. The molecule has 2 amide bonds. The lowest BCUT2D eigenvalue weighted by molar-refractivity contribution is -0.140. The Kier molecular flexibility index (Phi) is 11.0. The van der Waals surface area contributed by atoms with Gasteiger partial charge < -0.3 is 10.2 Å². The van der Waals surface area contributed by atoms with E-state index in [-0.39, 0.29) is 24.9 Å². The number of anilines is 1. The number of hydrogen-bond acceptors (Lipinski definition) is 4. The minimum atomic E-state index is -3.89. The van der Waals surface area contributed by atoms with Crippen molar-refractivity contribution in [1.29, 1.82) is 0 Å². The topological polar surface area (TPSA) is 86.8 Å². The lowest BCUT2D eigenvalue weighted by Crippen LogP contribution is -2.54. The summed E-state index contributed by atoms with van der Waals surface area (Å²) < 4.78 is 26.9. The highest BCUT2D eigenvalue weighted by atomic mass is 35.5. The van der Waals surface area contributed by atoms with Crippen LogP contribution in [-0.2, 0) is 32.6 Å². The third kappa shape index (κ3) is 8.71. The van der Waals surface area contributed by atoms with Crippen molar-refractivity contribution in [3.63, 3.8) is 0 Å². The van der Waals surface area contributed by atoms with Gasteiger partial charge in [0, 0.05) is 29.1 Å². The lowest BCUT2D eigenvalue weighted by Gasteiger charge is -2.34. The monoisotopic (exact) mass is 603 g/mol. The molecule has 40 heavy (non-hydrogen) atoms. The number of carbonyl (C=O) groups is 2. The maximum atomic E-state index is 14.1. The van der Waals surface area contributed by atoms with E-state index < -0.39 is 28.5 Å². The molecule has 0 spiro atoms. The van der Waals surface area contributed by atoms with Gasteiger partial charge >= 0.3 is 0 Å². The van der Waals surface area contributed by atoms with Crippen LogP contribution in [-0.4, -0.2) is 50.0 Å². The molecule has 0 radical (unpaired) electrons. The second kappa shape index (κ2) is 14.0. The SMILES string of the molecule is CC[C@H](C)NC(=O)[C@H](Cc1ccccc1)N(Cc1cccc(Cl)c1)C(=O)CN(c1cc(Cl)ccc1C)S(C)(=O)=O. The smallest absolute Gasteiger partial charge is 0.244 e. The first-order valence-corrected chi connectivity index (χ1v) is 15.6. The van der Waals surface area contributed by atoms with Crippen LogP contribution < -0.4 is 9.62 Å². The van der Waals surface area contributed by atoms with Crippen LogP contribution in [0.3, 0.4) is 0 Å². The minimum absolute atomic E-state index is 0.0525. The molecule has 0 heterocycles. The number of halogens is 2. The Morgan fingerprint density at radius 3 is 2.20 bits per heavy atom.